The molecular weight excluding hydrogens is 1380 g/mol. The summed E-state index contributed by atoms with van der Waals surface area (Å²) in [4.78, 5) is 107. The normalized spacial score (nSPS) is 11.9. The lowest BCUT2D eigenvalue weighted by Crippen LogP contribution is -3.00. The molecule has 23 nitrogen and oxygen atoms in total. The number of halogens is 3. The maximum absolute atomic E-state index is 13.5. The predicted molar refractivity (Wildman–Crippen MR) is 363 cm³/mol. The standard InChI is InChI=1S/C26H44N7O2.C22H32N5O2.C16H19N5O2.C3H8.3BrH/c1-19-17-21-22(18-20(19)2)29(12-14-33(9,10)16-15-32(6,7)8)24-23(27-21)25(34)30(26(35)28-24)11-13-31(3,4)5;1-7-9-26-21(28)19-20(24-22(26)29)25(10-12-27(5,6)11-8-2)18-14-16(4)15(3)13-17(18)23-19;1-9-7-11-12(8-10(9)2)21(6-5-20(3)4)14-13(17-11)15(22)19-16(23)18-14;1-3-2;;;/h17-18H,11-16H2,1-10H3;13-14H,7-12H2,1-6H3;7-8H,5-6H2,1-4H3,(H,19,22,23);3H2,1-2H3;3*1H/q+3;+1;;;;;/p-3. The number of aryl methyl sites for hydroxylation is 6. The lowest BCUT2D eigenvalue weighted by molar-refractivity contribution is -0.937. The maximum Gasteiger partial charge on any atom is 0.352 e. The van der Waals surface area contributed by atoms with Crippen LogP contribution in [0.25, 0.3) is 67.7 Å². The van der Waals surface area contributed by atoms with Crippen molar-refractivity contribution in [2.24, 2.45) is 0 Å². The monoisotopic (exact) mass is 1480 g/mol. The van der Waals surface area contributed by atoms with E-state index < -0.39 is 22.6 Å². The molecule has 26 heteroatoms. The van der Waals surface area contributed by atoms with Crippen LogP contribution in [0.3, 0.4) is 0 Å². The topological polar surface area (TPSA) is 223 Å². The Bertz CT molecular complexity index is 4300. The van der Waals surface area contributed by atoms with Gasteiger partial charge in [0.1, 0.15) is 13.1 Å². The van der Waals surface area contributed by atoms with Crippen molar-refractivity contribution in [1.82, 2.24) is 62.6 Å². The van der Waals surface area contributed by atoms with E-state index in [1.807, 2.05) is 113 Å². The molecule has 3 aromatic rings. The van der Waals surface area contributed by atoms with Crippen molar-refractivity contribution in [3.63, 3.8) is 0 Å². The van der Waals surface area contributed by atoms with E-state index in [0.29, 0.717) is 67.6 Å². The number of rotatable bonds is 19. The third-order valence-electron chi connectivity index (χ3n) is 16.4. The minimum absolute atomic E-state index is 0. The van der Waals surface area contributed by atoms with E-state index >= 15 is 0 Å². The molecule has 0 saturated heterocycles. The summed E-state index contributed by atoms with van der Waals surface area (Å²) >= 11 is 0. The fourth-order valence-electron chi connectivity index (χ4n) is 10.4. The van der Waals surface area contributed by atoms with Crippen LogP contribution in [0.1, 0.15) is 80.3 Å². The van der Waals surface area contributed by atoms with E-state index in [4.69, 9.17) is 4.98 Å². The first-order valence-electron chi connectivity index (χ1n) is 31.6. The van der Waals surface area contributed by atoms with Gasteiger partial charge in [-0.1, -0.05) is 34.1 Å². The van der Waals surface area contributed by atoms with Crippen molar-refractivity contribution in [2.75, 3.05) is 130 Å². The smallest absolute Gasteiger partial charge is 0.352 e. The fourth-order valence-corrected chi connectivity index (χ4v) is 10.4. The minimum atomic E-state index is -0.647. The van der Waals surface area contributed by atoms with E-state index in [1.54, 1.807) is 0 Å². The minimum Gasteiger partial charge on any atom is -1.00 e. The largest absolute Gasteiger partial charge is 1.00 e. The molecule has 0 bridgehead atoms. The Morgan fingerprint density at radius 3 is 1.12 bits per heavy atom. The van der Waals surface area contributed by atoms with E-state index in [-0.39, 0.29) is 79.1 Å². The van der Waals surface area contributed by atoms with Gasteiger partial charge >= 0.3 is 17.1 Å². The van der Waals surface area contributed by atoms with E-state index in [2.05, 4.69) is 126 Å². The highest BCUT2D eigenvalue weighted by Crippen LogP contribution is 2.27. The molecule has 93 heavy (non-hydrogen) atoms. The Hall–Kier alpha value is -6.26. The summed E-state index contributed by atoms with van der Waals surface area (Å²) in [5.41, 5.74) is 9.59. The van der Waals surface area contributed by atoms with E-state index in [0.717, 1.165) is 126 Å². The van der Waals surface area contributed by atoms with Crippen molar-refractivity contribution < 1.29 is 68.9 Å². The average molecular weight is 1480 g/mol. The van der Waals surface area contributed by atoms with Crippen LogP contribution >= 0.6 is 0 Å². The number of benzene rings is 3. The quantitative estimate of drug-likeness (QED) is 0.0628. The third kappa shape index (κ3) is 20.6. The molecule has 512 valence electrons. The Morgan fingerprint density at radius 1 is 0.398 bits per heavy atom. The molecule has 1 N–H and O–H groups in total. The maximum atomic E-state index is 13.5. The molecule has 0 unspecified atom stereocenters. The molecule has 6 aliphatic heterocycles. The summed E-state index contributed by atoms with van der Waals surface area (Å²) in [5.74, 6) is 1.10. The molecule has 6 aliphatic rings. The molecule has 0 saturated carbocycles. The zero-order chi connectivity index (χ0) is 67.1. The van der Waals surface area contributed by atoms with Crippen LogP contribution in [0.2, 0.25) is 0 Å². The second-order valence-electron chi connectivity index (χ2n) is 28.0. The molecule has 0 atom stereocenters. The Balaban J connectivity index is 0.000000357. The third-order valence-corrected chi connectivity index (χ3v) is 16.4. The second kappa shape index (κ2) is 33.4. The number of aromatic amines is 1. The first kappa shape index (κ1) is 81.0. The van der Waals surface area contributed by atoms with Crippen LogP contribution in [-0.2, 0) is 32.7 Å². The number of H-pyrrole nitrogens is 1. The van der Waals surface area contributed by atoms with Crippen LogP contribution in [0.5, 0.6) is 0 Å². The number of fused-ring (bicyclic) bond motifs is 6. The van der Waals surface area contributed by atoms with Crippen molar-refractivity contribution in [2.45, 2.75) is 121 Å². The summed E-state index contributed by atoms with van der Waals surface area (Å²) in [7, 11) is 25.5. The van der Waals surface area contributed by atoms with Gasteiger partial charge in [0.05, 0.1) is 149 Å². The fraction of sp³-hybridized carbons (Fsp3) is 0.552. The van der Waals surface area contributed by atoms with Gasteiger partial charge in [-0.2, -0.15) is 15.0 Å². The first-order valence-corrected chi connectivity index (χ1v) is 31.6. The average Bonchev–Trinajstić information content (AvgIpc) is 0.765. The van der Waals surface area contributed by atoms with Gasteiger partial charge < -0.3 is 87.5 Å². The van der Waals surface area contributed by atoms with E-state index in [9.17, 15) is 28.8 Å². The molecule has 0 fully saturated rings. The number of quaternary nitrogens is 4. The van der Waals surface area contributed by atoms with Crippen LogP contribution in [0.15, 0.2) is 65.2 Å². The van der Waals surface area contributed by atoms with Crippen molar-refractivity contribution >= 4 is 33.1 Å². The highest BCUT2D eigenvalue weighted by molar-refractivity contribution is 5.83. The molecule has 0 amide bonds. The van der Waals surface area contributed by atoms with Crippen LogP contribution in [-0.4, -0.2) is 211 Å². The van der Waals surface area contributed by atoms with Crippen LogP contribution < -0.4 is 84.7 Å². The lowest BCUT2D eigenvalue weighted by atomic mass is 10.1. The second-order valence-corrected chi connectivity index (χ2v) is 28.0. The highest BCUT2D eigenvalue weighted by Gasteiger charge is 2.28. The molecule has 9 rings (SSSR count). The van der Waals surface area contributed by atoms with Gasteiger partial charge in [-0.3, -0.25) is 28.5 Å². The van der Waals surface area contributed by atoms with Crippen molar-refractivity contribution in [3.8, 4) is 34.6 Å². The zero-order valence-corrected chi connectivity index (χ0v) is 64.1. The summed E-state index contributed by atoms with van der Waals surface area (Å²) in [6.07, 6.45) is 3.04. The van der Waals surface area contributed by atoms with Crippen molar-refractivity contribution in [1.29, 1.82) is 0 Å². The zero-order valence-electron chi connectivity index (χ0n) is 59.3. The molecule has 0 radical (unpaired) electrons. The summed E-state index contributed by atoms with van der Waals surface area (Å²) in [5, 5.41) is 0. The molecule has 0 aliphatic carbocycles. The lowest BCUT2D eigenvalue weighted by Gasteiger charge is -2.34. The highest BCUT2D eigenvalue weighted by atomic mass is 79.9. The molecule has 3 aromatic carbocycles. The molecule has 0 spiro atoms. The number of aromatic nitrogens is 12. The number of hydrogen-bond donors (Lipinski definition) is 1. The Kier molecular flexibility index (Phi) is 29.1. The first-order chi connectivity index (χ1) is 41.9. The van der Waals surface area contributed by atoms with Gasteiger partial charge in [0, 0.05) is 19.6 Å². The molecular formula is C67H103Br3N17O6+. The summed E-state index contributed by atoms with van der Waals surface area (Å²) in [6.45, 7) is 29.4. The molecule has 0 aromatic heterocycles. The Morgan fingerprint density at radius 2 is 0.742 bits per heavy atom. The van der Waals surface area contributed by atoms with Gasteiger partial charge in [0.2, 0.25) is 0 Å². The van der Waals surface area contributed by atoms with Gasteiger partial charge in [-0.15, -0.1) is 0 Å². The van der Waals surface area contributed by atoms with Crippen molar-refractivity contribution in [3.05, 3.63) is 132 Å². The van der Waals surface area contributed by atoms with Crippen LogP contribution in [0.4, 0.5) is 0 Å². The van der Waals surface area contributed by atoms with Gasteiger partial charge in [0.25, 0.3) is 16.7 Å². The van der Waals surface area contributed by atoms with E-state index in [1.165, 1.54) is 15.6 Å². The molecule has 6 heterocycles. The number of nitrogens with zero attached hydrogens (tertiary/aromatic N) is 16. The van der Waals surface area contributed by atoms with Crippen LogP contribution in [0, 0.1) is 41.5 Å². The number of nitrogens with one attached hydrogen (secondary N) is 1. The van der Waals surface area contributed by atoms with Gasteiger partial charge in [-0.25, -0.2) is 29.3 Å². The van der Waals surface area contributed by atoms with Gasteiger partial charge in [0.15, 0.2) is 34.6 Å². The summed E-state index contributed by atoms with van der Waals surface area (Å²) < 4.78 is 11.6. The summed E-state index contributed by atoms with van der Waals surface area (Å²) in [6, 6.07) is 12.2. The number of hydrogen-bond acceptors (Lipinski definition) is 13. The number of likely N-dealkylation sites (N-methyl/N-ethyl adjacent to an activating group) is 5. The SMILES string of the molecule is CCC.CCCn1c(=O)nc2n(CC[N+](C)(C)CCC)c3cc(C)c(C)cc3nc-2c1=O.Cc1cc2nc3c(=O)[nH]c(=O)nc-3n(CCN(C)C)c2cc1C.Cc1cc2nc3c(=O)n(CC[N+](C)(C)C)c(=O)nc-3n(CC[N+](C)(C)CC[N+](C)(C)C)c2cc1C.[Br-].[Br-].[Br-]. The predicted octanol–water partition coefficient (Wildman–Crippen LogP) is -3.07. The van der Waals surface area contributed by atoms with Gasteiger partial charge in [-0.05, 0) is 138 Å². The Labute approximate surface area is 579 Å².